The van der Waals surface area contributed by atoms with Crippen LogP contribution in [0.5, 0.6) is 11.5 Å². The Kier molecular flexibility index (Phi) is 10.1. The second-order valence-electron chi connectivity index (χ2n) is 17.3. The fourth-order valence-electron chi connectivity index (χ4n) is 7.93. The smallest absolute Gasteiger partial charge is 0.118 e. The average molecular weight is 761 g/mol. The van der Waals surface area contributed by atoms with E-state index in [1.165, 1.54) is 21.9 Å². The van der Waals surface area contributed by atoms with Crippen molar-refractivity contribution in [3.8, 4) is 33.9 Å². The van der Waals surface area contributed by atoms with Crippen LogP contribution >= 0.6 is 0 Å². The molecule has 0 unspecified atom stereocenters. The number of aromatic nitrogens is 1. The van der Waals surface area contributed by atoms with Gasteiger partial charge in [0.25, 0.3) is 0 Å². The molecule has 1 aliphatic rings. The van der Waals surface area contributed by atoms with Gasteiger partial charge < -0.3 is 14.0 Å². The third-order valence-corrected chi connectivity index (χ3v) is 11.4. The second-order valence-corrected chi connectivity index (χ2v) is 17.3. The summed E-state index contributed by atoms with van der Waals surface area (Å²) < 4.78 is 13.5. The molecule has 6 aromatic carbocycles. The molecule has 290 valence electrons. The second kappa shape index (κ2) is 15.2. The van der Waals surface area contributed by atoms with E-state index in [0.29, 0.717) is 0 Å². The standard InChI is InChI=1S/C54H52N2O2/c1-53(2,3)42-24-16-37(17-25-42)47-34-49(39-18-26-43(27-19-39)54(4,5)6)56(7)52(47)50(41-15-14-35-12-10-11-13-40(35)32-41)51-46(36-20-28-44(57-8)29-21-36)33-48(55-51)38-22-30-45(58-9)31-23-38/h10-34H,1-9H3/b51-50-. The first-order chi connectivity index (χ1) is 27.8. The van der Waals surface area contributed by atoms with Crippen LogP contribution in [0.4, 0.5) is 0 Å². The van der Waals surface area contributed by atoms with Crippen molar-refractivity contribution in [3.63, 3.8) is 0 Å². The number of aliphatic imine (C=N–C) groups is 1. The summed E-state index contributed by atoms with van der Waals surface area (Å²) in [5.41, 5.74) is 15.5. The third kappa shape index (κ3) is 7.43. The highest BCUT2D eigenvalue weighted by molar-refractivity contribution is 6.20. The summed E-state index contributed by atoms with van der Waals surface area (Å²) in [6.45, 7) is 13.6. The zero-order valence-corrected chi connectivity index (χ0v) is 35.1. The Labute approximate surface area is 343 Å². The van der Waals surface area contributed by atoms with Crippen LogP contribution in [0.15, 0.2) is 162 Å². The normalized spacial score (nSPS) is 14.0. The third-order valence-electron chi connectivity index (χ3n) is 11.4. The highest BCUT2D eigenvalue weighted by Crippen LogP contribution is 2.46. The largest absolute Gasteiger partial charge is 0.497 e. The molecule has 1 aromatic heterocycles. The molecule has 0 fully saturated rings. The molecule has 0 amide bonds. The summed E-state index contributed by atoms with van der Waals surface area (Å²) >= 11 is 0. The molecule has 7 aromatic rings. The van der Waals surface area contributed by atoms with Crippen molar-refractivity contribution in [2.24, 2.45) is 12.0 Å². The average Bonchev–Trinajstić information content (AvgIpc) is 3.82. The monoisotopic (exact) mass is 760 g/mol. The lowest BCUT2D eigenvalue weighted by atomic mass is 9.85. The van der Waals surface area contributed by atoms with Gasteiger partial charge in [-0.3, -0.25) is 0 Å². The zero-order valence-electron chi connectivity index (χ0n) is 35.1. The van der Waals surface area contributed by atoms with E-state index in [1.807, 2.05) is 24.3 Å². The molecule has 0 bridgehead atoms. The molecule has 4 nitrogen and oxygen atoms in total. The zero-order chi connectivity index (χ0) is 40.8. The molecule has 0 atom stereocenters. The van der Waals surface area contributed by atoms with Crippen LogP contribution < -0.4 is 9.47 Å². The van der Waals surface area contributed by atoms with Crippen molar-refractivity contribution in [3.05, 3.63) is 191 Å². The van der Waals surface area contributed by atoms with Gasteiger partial charge in [-0.05, 0) is 110 Å². The van der Waals surface area contributed by atoms with Gasteiger partial charge in [-0.1, -0.05) is 139 Å². The van der Waals surface area contributed by atoms with Gasteiger partial charge in [0.15, 0.2) is 0 Å². The summed E-state index contributed by atoms with van der Waals surface area (Å²) in [6, 6.07) is 52.5. The van der Waals surface area contributed by atoms with Gasteiger partial charge >= 0.3 is 0 Å². The first-order valence-electron chi connectivity index (χ1n) is 20.1. The minimum atomic E-state index is 0.0325. The maximum absolute atomic E-state index is 5.61. The summed E-state index contributed by atoms with van der Waals surface area (Å²) in [5, 5.41) is 2.37. The molecule has 4 heteroatoms. The molecule has 1 aliphatic heterocycles. The SMILES string of the molecule is COc1ccc(C2=CC(c3ccc(OC)cc3)=N/C2=C(/c2ccc3ccccc3c2)c2c(-c3ccc(C(C)(C)C)cc3)cc(-c3ccc(C(C)(C)C)cc3)n2C)cc1. The number of nitrogens with zero attached hydrogens (tertiary/aromatic N) is 2. The van der Waals surface area contributed by atoms with Crippen LogP contribution in [-0.4, -0.2) is 24.5 Å². The molecular weight excluding hydrogens is 709 g/mol. The van der Waals surface area contributed by atoms with E-state index < -0.39 is 0 Å². The van der Waals surface area contributed by atoms with Crippen molar-refractivity contribution in [2.75, 3.05) is 14.2 Å². The van der Waals surface area contributed by atoms with Gasteiger partial charge in [0.1, 0.15) is 11.5 Å². The van der Waals surface area contributed by atoms with Gasteiger partial charge in [0, 0.05) is 35.0 Å². The molecule has 8 rings (SSSR count). The van der Waals surface area contributed by atoms with Gasteiger partial charge in [0.05, 0.1) is 31.3 Å². The number of hydrogen-bond donors (Lipinski definition) is 0. The number of allylic oxidation sites excluding steroid dienone is 2. The number of benzene rings is 6. The minimum absolute atomic E-state index is 0.0325. The van der Waals surface area contributed by atoms with E-state index in [1.54, 1.807) is 14.2 Å². The fraction of sp³-hybridized carbons (Fsp3) is 0.204. The lowest BCUT2D eigenvalue weighted by Gasteiger charge is -2.21. The van der Waals surface area contributed by atoms with E-state index in [-0.39, 0.29) is 10.8 Å². The Balaban J connectivity index is 1.46. The molecule has 0 spiro atoms. The maximum atomic E-state index is 5.61. The summed E-state index contributed by atoms with van der Waals surface area (Å²) in [5.74, 6) is 1.62. The van der Waals surface area contributed by atoms with Crippen LogP contribution in [0.25, 0.3) is 44.3 Å². The van der Waals surface area contributed by atoms with Crippen molar-refractivity contribution < 1.29 is 9.47 Å². The van der Waals surface area contributed by atoms with Crippen molar-refractivity contribution >= 4 is 27.6 Å². The molecule has 0 saturated heterocycles. The Morgan fingerprint density at radius 3 is 1.60 bits per heavy atom. The Bertz CT molecular complexity index is 2710. The first-order valence-corrected chi connectivity index (χ1v) is 20.1. The molecule has 0 radical (unpaired) electrons. The Hall–Kier alpha value is -6.39. The fourth-order valence-corrected chi connectivity index (χ4v) is 7.93. The maximum Gasteiger partial charge on any atom is 0.118 e. The molecule has 0 aliphatic carbocycles. The number of ether oxygens (including phenoxy) is 2. The summed E-state index contributed by atoms with van der Waals surface area (Å²) in [7, 11) is 5.61. The van der Waals surface area contributed by atoms with Crippen molar-refractivity contribution in [2.45, 2.75) is 52.4 Å². The lowest BCUT2D eigenvalue weighted by Crippen LogP contribution is -2.10. The van der Waals surface area contributed by atoms with Gasteiger partial charge in [-0.2, -0.15) is 0 Å². The van der Waals surface area contributed by atoms with Crippen LogP contribution in [0.1, 0.15) is 75.1 Å². The van der Waals surface area contributed by atoms with E-state index in [2.05, 4.69) is 181 Å². The number of fused-ring (bicyclic) bond motifs is 1. The van der Waals surface area contributed by atoms with Crippen molar-refractivity contribution in [1.82, 2.24) is 4.57 Å². The summed E-state index contributed by atoms with van der Waals surface area (Å²) in [4.78, 5) is 5.61. The quantitative estimate of drug-likeness (QED) is 0.155. The molecular formula is C54H52N2O2. The van der Waals surface area contributed by atoms with Gasteiger partial charge in [0.2, 0.25) is 0 Å². The number of hydrogen-bond acceptors (Lipinski definition) is 3. The van der Waals surface area contributed by atoms with E-state index in [0.717, 1.165) is 78.8 Å². The molecule has 2 heterocycles. The van der Waals surface area contributed by atoms with Crippen molar-refractivity contribution in [1.29, 1.82) is 0 Å². The minimum Gasteiger partial charge on any atom is -0.497 e. The van der Waals surface area contributed by atoms with E-state index in [9.17, 15) is 0 Å². The van der Waals surface area contributed by atoms with Crippen LogP contribution in [-0.2, 0) is 17.9 Å². The Morgan fingerprint density at radius 2 is 1.05 bits per heavy atom. The predicted octanol–water partition coefficient (Wildman–Crippen LogP) is 13.5. The highest BCUT2D eigenvalue weighted by Gasteiger charge is 2.29. The first kappa shape index (κ1) is 38.5. The topological polar surface area (TPSA) is 35.8 Å². The molecule has 0 saturated carbocycles. The lowest BCUT2D eigenvalue weighted by molar-refractivity contribution is 0.414. The highest BCUT2D eigenvalue weighted by atomic mass is 16.5. The van der Waals surface area contributed by atoms with Crippen LogP contribution in [0.2, 0.25) is 0 Å². The number of rotatable bonds is 8. The molecule has 0 N–H and O–H groups in total. The van der Waals surface area contributed by atoms with Crippen LogP contribution in [0.3, 0.4) is 0 Å². The van der Waals surface area contributed by atoms with Gasteiger partial charge in [-0.15, -0.1) is 0 Å². The van der Waals surface area contributed by atoms with Gasteiger partial charge in [-0.25, -0.2) is 4.99 Å². The van der Waals surface area contributed by atoms with E-state index >= 15 is 0 Å². The predicted molar refractivity (Wildman–Crippen MR) is 244 cm³/mol. The molecule has 58 heavy (non-hydrogen) atoms. The Morgan fingerprint density at radius 1 is 0.534 bits per heavy atom. The summed E-state index contributed by atoms with van der Waals surface area (Å²) in [6.07, 6.45) is 2.23. The number of methoxy groups -OCH3 is 2. The van der Waals surface area contributed by atoms with E-state index in [4.69, 9.17) is 14.5 Å². The van der Waals surface area contributed by atoms with Crippen LogP contribution in [0, 0.1) is 0 Å².